The van der Waals surface area contributed by atoms with Gasteiger partial charge in [0.05, 0.1) is 6.54 Å². The van der Waals surface area contributed by atoms with Gasteiger partial charge in [0.15, 0.2) is 0 Å². The van der Waals surface area contributed by atoms with E-state index < -0.39 is 0 Å². The average Bonchev–Trinajstić information content (AvgIpc) is 3.29. The van der Waals surface area contributed by atoms with E-state index in [0.29, 0.717) is 17.8 Å². The van der Waals surface area contributed by atoms with Crippen molar-refractivity contribution < 1.29 is 4.52 Å². The Morgan fingerprint density at radius 2 is 2.17 bits per heavy atom. The molecule has 2 aromatic heterocycles. The quantitative estimate of drug-likeness (QED) is 0.711. The average molecular weight is 325 g/mol. The van der Waals surface area contributed by atoms with E-state index in [2.05, 4.69) is 45.5 Å². The summed E-state index contributed by atoms with van der Waals surface area (Å²) in [6.45, 7) is 3.88. The molecule has 1 saturated heterocycles. The highest BCUT2D eigenvalue weighted by Gasteiger charge is 2.28. The molecule has 0 radical (unpaired) electrons. The maximum absolute atomic E-state index is 5.50. The van der Waals surface area contributed by atoms with Gasteiger partial charge in [-0.15, -0.1) is 11.3 Å². The van der Waals surface area contributed by atoms with Gasteiger partial charge in [-0.05, 0) is 43.3 Å². The number of rotatable bonds is 4. The summed E-state index contributed by atoms with van der Waals surface area (Å²) < 4.78 is 5.50. The first-order valence-electron chi connectivity index (χ1n) is 7.97. The molecule has 4 rings (SSSR count). The van der Waals surface area contributed by atoms with Gasteiger partial charge in [0, 0.05) is 16.5 Å². The molecule has 0 spiro atoms. The van der Waals surface area contributed by atoms with Gasteiger partial charge in [-0.25, -0.2) is 0 Å². The fourth-order valence-corrected chi connectivity index (χ4v) is 4.14. The number of benzene rings is 1. The van der Waals surface area contributed by atoms with Crippen LogP contribution in [0.5, 0.6) is 0 Å². The van der Waals surface area contributed by atoms with Gasteiger partial charge in [0.25, 0.3) is 0 Å². The van der Waals surface area contributed by atoms with E-state index in [1.807, 2.05) is 29.5 Å². The zero-order chi connectivity index (χ0) is 15.6. The number of nitrogens with zero attached hydrogens (tertiary/aromatic N) is 3. The highest BCUT2D eigenvalue weighted by Crippen LogP contribution is 2.35. The van der Waals surface area contributed by atoms with Crippen LogP contribution in [-0.4, -0.2) is 21.6 Å². The number of thiophene rings is 1. The zero-order valence-corrected chi connectivity index (χ0v) is 13.9. The molecule has 1 atom stereocenters. The molecule has 3 aromatic rings. The van der Waals surface area contributed by atoms with Crippen molar-refractivity contribution in [2.24, 2.45) is 0 Å². The zero-order valence-electron chi connectivity index (χ0n) is 13.1. The van der Waals surface area contributed by atoms with Crippen LogP contribution in [0.3, 0.4) is 0 Å². The lowest BCUT2D eigenvalue weighted by Gasteiger charge is -2.21. The maximum atomic E-state index is 5.50. The Hall–Kier alpha value is -1.98. The molecule has 1 aliphatic rings. The summed E-state index contributed by atoms with van der Waals surface area (Å²) in [5.74, 6) is 1.39. The van der Waals surface area contributed by atoms with E-state index in [9.17, 15) is 0 Å². The molecule has 118 valence electrons. The Bertz CT molecular complexity index is 781. The highest BCUT2D eigenvalue weighted by atomic mass is 32.1. The van der Waals surface area contributed by atoms with Crippen LogP contribution in [0.4, 0.5) is 0 Å². The molecule has 0 N–H and O–H groups in total. The first-order chi connectivity index (χ1) is 11.3. The number of aryl methyl sites for hydroxylation is 1. The molecule has 1 aliphatic heterocycles. The maximum Gasteiger partial charge on any atom is 0.241 e. The van der Waals surface area contributed by atoms with Gasteiger partial charge < -0.3 is 4.52 Å². The van der Waals surface area contributed by atoms with Crippen molar-refractivity contribution in [1.29, 1.82) is 0 Å². The molecule has 0 amide bonds. The SMILES string of the molecule is Cc1ccccc1-c1noc(CN2CCC[C@@H]2c2cccs2)n1. The van der Waals surface area contributed by atoms with Gasteiger partial charge in [0.1, 0.15) is 0 Å². The minimum absolute atomic E-state index is 0.490. The first-order valence-corrected chi connectivity index (χ1v) is 8.85. The molecule has 4 nitrogen and oxygen atoms in total. The Balaban J connectivity index is 1.53. The lowest BCUT2D eigenvalue weighted by Crippen LogP contribution is -2.22. The van der Waals surface area contributed by atoms with E-state index in [4.69, 9.17) is 4.52 Å². The topological polar surface area (TPSA) is 42.2 Å². The van der Waals surface area contributed by atoms with Crippen LogP contribution < -0.4 is 0 Å². The summed E-state index contributed by atoms with van der Waals surface area (Å²) in [6.07, 6.45) is 2.43. The molecule has 1 fully saturated rings. The molecule has 23 heavy (non-hydrogen) atoms. The van der Waals surface area contributed by atoms with Crippen LogP contribution in [0.25, 0.3) is 11.4 Å². The Morgan fingerprint density at radius 3 is 3.00 bits per heavy atom. The summed E-state index contributed by atoms with van der Waals surface area (Å²) in [5, 5.41) is 6.31. The van der Waals surface area contributed by atoms with Crippen LogP contribution in [-0.2, 0) is 6.54 Å². The summed E-state index contributed by atoms with van der Waals surface area (Å²) in [6, 6.07) is 13.0. The minimum Gasteiger partial charge on any atom is -0.338 e. The monoisotopic (exact) mass is 325 g/mol. The van der Waals surface area contributed by atoms with E-state index >= 15 is 0 Å². The predicted octanol–water partition coefficient (Wildman–Crippen LogP) is 4.44. The molecule has 1 aromatic carbocycles. The second kappa shape index (κ2) is 6.26. The number of aromatic nitrogens is 2. The van der Waals surface area contributed by atoms with E-state index in [0.717, 1.165) is 24.2 Å². The van der Waals surface area contributed by atoms with Crippen molar-refractivity contribution in [3.63, 3.8) is 0 Å². The predicted molar refractivity (Wildman–Crippen MR) is 91.2 cm³/mol. The second-order valence-corrected chi connectivity index (χ2v) is 6.95. The highest BCUT2D eigenvalue weighted by molar-refractivity contribution is 7.10. The normalized spacial score (nSPS) is 18.6. The third kappa shape index (κ3) is 2.94. The summed E-state index contributed by atoms with van der Waals surface area (Å²) in [5.41, 5.74) is 2.20. The van der Waals surface area contributed by atoms with Crippen molar-refractivity contribution >= 4 is 11.3 Å². The second-order valence-electron chi connectivity index (χ2n) is 5.97. The molecule has 3 heterocycles. The van der Waals surface area contributed by atoms with Crippen LogP contribution in [0, 0.1) is 6.92 Å². The van der Waals surface area contributed by atoms with E-state index in [1.165, 1.54) is 17.7 Å². The van der Waals surface area contributed by atoms with E-state index in [-0.39, 0.29) is 0 Å². The molecular formula is C18H19N3OS. The van der Waals surface area contributed by atoms with Gasteiger partial charge in [-0.2, -0.15) is 4.98 Å². The third-order valence-electron chi connectivity index (χ3n) is 4.43. The lowest BCUT2D eigenvalue weighted by atomic mass is 10.1. The fourth-order valence-electron chi connectivity index (χ4n) is 3.24. The molecular weight excluding hydrogens is 306 g/mol. The van der Waals surface area contributed by atoms with Crippen LogP contribution in [0.1, 0.15) is 35.2 Å². The fraction of sp³-hybridized carbons (Fsp3) is 0.333. The van der Waals surface area contributed by atoms with Gasteiger partial charge >= 0.3 is 0 Å². The van der Waals surface area contributed by atoms with Crippen molar-refractivity contribution in [2.45, 2.75) is 32.4 Å². The smallest absolute Gasteiger partial charge is 0.241 e. The molecule has 5 heteroatoms. The number of hydrogen-bond acceptors (Lipinski definition) is 5. The Morgan fingerprint density at radius 1 is 1.26 bits per heavy atom. The van der Waals surface area contributed by atoms with Gasteiger partial charge in [0.2, 0.25) is 11.7 Å². The summed E-state index contributed by atoms with van der Waals surface area (Å²) in [4.78, 5) is 8.48. The van der Waals surface area contributed by atoms with Crippen LogP contribution >= 0.6 is 11.3 Å². The third-order valence-corrected chi connectivity index (χ3v) is 5.40. The Kier molecular flexibility index (Phi) is 3.97. The molecule has 0 bridgehead atoms. The Labute approximate surface area is 139 Å². The van der Waals surface area contributed by atoms with Gasteiger partial charge in [-0.1, -0.05) is 35.5 Å². The number of likely N-dealkylation sites (tertiary alicyclic amines) is 1. The molecule has 0 unspecified atom stereocenters. The molecule has 0 saturated carbocycles. The lowest BCUT2D eigenvalue weighted by molar-refractivity contribution is 0.214. The first kappa shape index (κ1) is 14.6. The van der Waals surface area contributed by atoms with Crippen molar-refractivity contribution in [1.82, 2.24) is 15.0 Å². The van der Waals surface area contributed by atoms with Gasteiger partial charge in [-0.3, -0.25) is 4.90 Å². The van der Waals surface area contributed by atoms with Crippen LogP contribution in [0.15, 0.2) is 46.3 Å². The molecule has 0 aliphatic carbocycles. The minimum atomic E-state index is 0.490. The van der Waals surface area contributed by atoms with E-state index in [1.54, 1.807) is 0 Å². The van der Waals surface area contributed by atoms with Crippen LogP contribution in [0.2, 0.25) is 0 Å². The van der Waals surface area contributed by atoms with Crippen molar-refractivity contribution in [2.75, 3.05) is 6.54 Å². The summed E-state index contributed by atoms with van der Waals surface area (Å²) >= 11 is 1.83. The standard InChI is InChI=1S/C18H19N3OS/c1-13-6-2-3-7-14(13)18-19-17(22-20-18)12-21-10-4-8-15(21)16-9-5-11-23-16/h2-3,5-7,9,11,15H,4,8,10,12H2,1H3/t15-/m1/s1. The van der Waals surface area contributed by atoms with Crippen molar-refractivity contribution in [3.05, 3.63) is 58.1 Å². The number of hydrogen-bond donors (Lipinski definition) is 0. The van der Waals surface area contributed by atoms with Crippen molar-refractivity contribution in [3.8, 4) is 11.4 Å². The largest absolute Gasteiger partial charge is 0.338 e. The summed E-state index contributed by atoms with van der Waals surface area (Å²) in [7, 11) is 0.